The number of benzene rings is 1. The number of piperidine rings is 1. The summed E-state index contributed by atoms with van der Waals surface area (Å²) in [6.07, 6.45) is 12.3. The molecule has 0 spiro atoms. The highest BCUT2D eigenvalue weighted by molar-refractivity contribution is 5.63. The first-order valence-corrected chi connectivity index (χ1v) is 11.2. The monoisotopic (exact) mass is 349 g/mol. The van der Waals surface area contributed by atoms with Crippen molar-refractivity contribution in [1.29, 1.82) is 0 Å². The summed E-state index contributed by atoms with van der Waals surface area (Å²) in [5.41, 5.74) is 4.69. The fourth-order valence-corrected chi connectivity index (χ4v) is 7.31. The Morgan fingerprint density at radius 2 is 1.92 bits per heavy atom. The molecule has 1 saturated heterocycles. The Morgan fingerprint density at radius 3 is 2.81 bits per heavy atom. The van der Waals surface area contributed by atoms with Crippen molar-refractivity contribution in [2.24, 2.45) is 35.5 Å². The molecule has 0 radical (unpaired) electrons. The van der Waals surface area contributed by atoms with E-state index in [1.54, 1.807) is 11.1 Å². The van der Waals surface area contributed by atoms with Crippen molar-refractivity contribution in [3.8, 4) is 0 Å². The second kappa shape index (κ2) is 6.82. The van der Waals surface area contributed by atoms with E-state index in [2.05, 4.69) is 49.5 Å². The molecule has 1 aromatic carbocycles. The number of hydrogen-bond donors (Lipinski definition) is 1. The van der Waals surface area contributed by atoms with E-state index in [0.29, 0.717) is 0 Å². The lowest BCUT2D eigenvalue weighted by molar-refractivity contribution is 0.0473. The first kappa shape index (κ1) is 17.0. The van der Waals surface area contributed by atoms with Crippen LogP contribution in [0.3, 0.4) is 0 Å². The van der Waals surface area contributed by atoms with E-state index in [4.69, 9.17) is 0 Å². The van der Waals surface area contributed by atoms with Gasteiger partial charge in [0.15, 0.2) is 0 Å². The third kappa shape index (κ3) is 2.87. The van der Waals surface area contributed by atoms with E-state index in [1.807, 2.05) is 0 Å². The molecule has 0 bridgehead atoms. The molecule has 26 heavy (non-hydrogen) atoms. The van der Waals surface area contributed by atoms with Gasteiger partial charge in [-0.3, -0.25) is 0 Å². The van der Waals surface area contributed by atoms with Gasteiger partial charge in [0, 0.05) is 6.04 Å². The number of hydrogen-bond acceptors (Lipinski definition) is 1. The molecular formula is C25H35N. The van der Waals surface area contributed by atoms with E-state index in [-0.39, 0.29) is 0 Å². The average molecular weight is 350 g/mol. The molecule has 1 N–H and O–H groups in total. The van der Waals surface area contributed by atoms with Crippen molar-refractivity contribution in [1.82, 2.24) is 5.32 Å². The molecule has 140 valence electrons. The molecule has 4 aliphatic rings. The Balaban J connectivity index is 1.27. The van der Waals surface area contributed by atoms with E-state index in [1.165, 1.54) is 57.1 Å². The van der Waals surface area contributed by atoms with Crippen LogP contribution >= 0.6 is 0 Å². The SMILES string of the molecule is CC1CC2C(C)C3CCCNC3CC2C1CCC1=Cc2ccccc2C1. The molecule has 0 aromatic heterocycles. The Bertz CT molecular complexity index is 689. The fraction of sp³-hybridized carbons (Fsp3) is 0.680. The van der Waals surface area contributed by atoms with Gasteiger partial charge >= 0.3 is 0 Å². The van der Waals surface area contributed by atoms with Crippen LogP contribution < -0.4 is 5.32 Å². The molecule has 3 fully saturated rings. The zero-order chi connectivity index (χ0) is 17.7. The largest absolute Gasteiger partial charge is 0.314 e. The second-order valence-corrected chi connectivity index (χ2v) is 9.88. The Labute approximate surface area is 159 Å². The summed E-state index contributed by atoms with van der Waals surface area (Å²) in [6.45, 7) is 6.41. The molecule has 1 nitrogen and oxygen atoms in total. The van der Waals surface area contributed by atoms with Crippen LogP contribution in [0.4, 0.5) is 0 Å². The predicted octanol–water partition coefficient (Wildman–Crippen LogP) is 5.70. The lowest BCUT2D eigenvalue weighted by Gasteiger charge is -2.48. The van der Waals surface area contributed by atoms with Crippen LogP contribution in [0, 0.1) is 35.5 Å². The maximum Gasteiger partial charge on any atom is 0.0101 e. The summed E-state index contributed by atoms with van der Waals surface area (Å²) >= 11 is 0. The van der Waals surface area contributed by atoms with Gasteiger partial charge in [0.25, 0.3) is 0 Å². The summed E-state index contributed by atoms with van der Waals surface area (Å²) in [4.78, 5) is 0. The minimum Gasteiger partial charge on any atom is -0.314 e. The molecule has 2 saturated carbocycles. The molecule has 7 unspecified atom stereocenters. The third-order valence-corrected chi connectivity index (χ3v) is 8.62. The third-order valence-electron chi connectivity index (χ3n) is 8.62. The smallest absolute Gasteiger partial charge is 0.0101 e. The first-order valence-electron chi connectivity index (χ1n) is 11.2. The Morgan fingerprint density at radius 1 is 1.04 bits per heavy atom. The first-order chi connectivity index (χ1) is 12.7. The standard InChI is InChI=1S/C25H35N/c1-16-12-23-17(2)22-8-5-11-26-25(22)15-24(23)21(16)10-9-18-13-19-6-3-4-7-20(19)14-18/h3-4,6-7,13,16-17,21-26H,5,8-12,14-15H2,1-2H3. The van der Waals surface area contributed by atoms with E-state index < -0.39 is 0 Å². The van der Waals surface area contributed by atoms with E-state index in [9.17, 15) is 0 Å². The van der Waals surface area contributed by atoms with Crippen LogP contribution in [-0.4, -0.2) is 12.6 Å². The fourth-order valence-electron chi connectivity index (χ4n) is 7.31. The van der Waals surface area contributed by atoms with Gasteiger partial charge in [-0.1, -0.05) is 49.8 Å². The molecule has 7 atom stereocenters. The predicted molar refractivity (Wildman–Crippen MR) is 110 cm³/mol. The molecule has 1 heterocycles. The summed E-state index contributed by atoms with van der Waals surface area (Å²) in [6, 6.07) is 9.79. The lowest BCUT2D eigenvalue weighted by Crippen LogP contribution is -2.51. The van der Waals surface area contributed by atoms with Gasteiger partial charge in [-0.2, -0.15) is 0 Å². The van der Waals surface area contributed by atoms with Crippen LogP contribution in [0.1, 0.15) is 63.5 Å². The zero-order valence-corrected chi connectivity index (χ0v) is 16.6. The van der Waals surface area contributed by atoms with E-state index >= 15 is 0 Å². The molecule has 3 aliphatic carbocycles. The zero-order valence-electron chi connectivity index (χ0n) is 16.6. The highest BCUT2D eigenvalue weighted by atomic mass is 14.9. The molecule has 0 amide bonds. The molecular weight excluding hydrogens is 314 g/mol. The van der Waals surface area contributed by atoms with Gasteiger partial charge in [0.05, 0.1) is 0 Å². The van der Waals surface area contributed by atoms with Gasteiger partial charge in [-0.05, 0) is 98.1 Å². The number of allylic oxidation sites excluding steroid dienone is 1. The highest BCUT2D eigenvalue weighted by Gasteiger charge is 2.50. The quantitative estimate of drug-likeness (QED) is 0.738. The Hall–Kier alpha value is -1.08. The van der Waals surface area contributed by atoms with Crippen molar-refractivity contribution in [3.63, 3.8) is 0 Å². The van der Waals surface area contributed by atoms with Crippen molar-refractivity contribution in [3.05, 3.63) is 41.0 Å². The summed E-state index contributed by atoms with van der Waals surface area (Å²) < 4.78 is 0. The molecule has 1 aromatic rings. The van der Waals surface area contributed by atoms with Crippen molar-refractivity contribution in [2.75, 3.05) is 6.54 Å². The van der Waals surface area contributed by atoms with Gasteiger partial charge in [-0.15, -0.1) is 0 Å². The number of rotatable bonds is 3. The van der Waals surface area contributed by atoms with Gasteiger partial charge < -0.3 is 5.32 Å². The van der Waals surface area contributed by atoms with Crippen LogP contribution in [0.15, 0.2) is 29.8 Å². The number of fused-ring (bicyclic) bond motifs is 3. The Kier molecular flexibility index (Phi) is 4.47. The maximum atomic E-state index is 3.90. The van der Waals surface area contributed by atoms with Gasteiger partial charge in [-0.25, -0.2) is 0 Å². The second-order valence-electron chi connectivity index (χ2n) is 9.88. The van der Waals surface area contributed by atoms with Crippen LogP contribution in [0.25, 0.3) is 6.08 Å². The lowest BCUT2D eigenvalue weighted by atomic mass is 9.62. The summed E-state index contributed by atoms with van der Waals surface area (Å²) in [7, 11) is 0. The van der Waals surface area contributed by atoms with Crippen LogP contribution in [0.2, 0.25) is 0 Å². The topological polar surface area (TPSA) is 12.0 Å². The van der Waals surface area contributed by atoms with Crippen molar-refractivity contribution >= 4 is 6.08 Å². The van der Waals surface area contributed by atoms with Crippen LogP contribution in [0.5, 0.6) is 0 Å². The van der Waals surface area contributed by atoms with Crippen molar-refractivity contribution < 1.29 is 0 Å². The van der Waals surface area contributed by atoms with Crippen molar-refractivity contribution in [2.45, 2.75) is 64.8 Å². The minimum atomic E-state index is 0.822. The normalized spacial score (nSPS) is 41.3. The van der Waals surface area contributed by atoms with Gasteiger partial charge in [0.2, 0.25) is 0 Å². The molecule has 1 heteroatoms. The molecule has 1 aliphatic heterocycles. The van der Waals surface area contributed by atoms with E-state index in [0.717, 1.165) is 41.5 Å². The number of nitrogens with one attached hydrogen (secondary N) is 1. The van der Waals surface area contributed by atoms with Crippen LogP contribution in [-0.2, 0) is 6.42 Å². The van der Waals surface area contributed by atoms with Gasteiger partial charge in [0.1, 0.15) is 0 Å². The maximum absolute atomic E-state index is 3.90. The average Bonchev–Trinajstić information content (AvgIpc) is 3.21. The summed E-state index contributed by atoms with van der Waals surface area (Å²) in [5, 5.41) is 3.90. The molecule has 5 rings (SSSR count). The summed E-state index contributed by atoms with van der Waals surface area (Å²) in [5.74, 6) is 5.77. The minimum absolute atomic E-state index is 0.822. The highest BCUT2D eigenvalue weighted by Crippen LogP contribution is 2.55.